The fourth-order valence-corrected chi connectivity index (χ4v) is 4.09. The second-order valence-electron chi connectivity index (χ2n) is 7.43. The molecule has 0 amide bonds. The molecule has 3 heteroatoms. The van der Waals surface area contributed by atoms with Gasteiger partial charge in [-0.05, 0) is 35.8 Å². The summed E-state index contributed by atoms with van der Waals surface area (Å²) in [4.78, 5) is 14.1. The van der Waals surface area contributed by atoms with Gasteiger partial charge in [-0.1, -0.05) is 44.5 Å². The van der Waals surface area contributed by atoms with E-state index in [9.17, 15) is 9.90 Å². The van der Waals surface area contributed by atoms with Gasteiger partial charge in [0.15, 0.2) is 0 Å². The van der Waals surface area contributed by atoms with Gasteiger partial charge in [0, 0.05) is 19.1 Å². The topological polar surface area (TPSA) is 40.5 Å². The summed E-state index contributed by atoms with van der Waals surface area (Å²) in [5.41, 5.74) is 2.59. The van der Waals surface area contributed by atoms with E-state index in [1.165, 1.54) is 31.2 Å². The molecule has 21 heavy (non-hydrogen) atoms. The van der Waals surface area contributed by atoms with Crippen molar-refractivity contribution in [3.63, 3.8) is 0 Å². The minimum absolute atomic E-state index is 0.375. The lowest BCUT2D eigenvalue weighted by Gasteiger charge is -2.44. The number of rotatable bonds is 2. The first-order valence-corrected chi connectivity index (χ1v) is 8.01. The van der Waals surface area contributed by atoms with E-state index in [1.807, 2.05) is 18.2 Å². The Hall–Kier alpha value is -1.35. The number of fused-ring (bicyclic) bond motifs is 1. The van der Waals surface area contributed by atoms with Gasteiger partial charge in [0.2, 0.25) is 0 Å². The van der Waals surface area contributed by atoms with Crippen LogP contribution in [0.15, 0.2) is 24.3 Å². The average Bonchev–Trinajstić information content (AvgIpc) is 2.45. The Morgan fingerprint density at radius 1 is 1.33 bits per heavy atom. The summed E-state index contributed by atoms with van der Waals surface area (Å²) in [5.74, 6) is -1.07. The van der Waals surface area contributed by atoms with Crippen LogP contribution in [0.4, 0.5) is 0 Å². The van der Waals surface area contributed by atoms with E-state index in [-0.39, 0.29) is 5.92 Å². The van der Waals surface area contributed by atoms with Crippen LogP contribution in [0.25, 0.3) is 0 Å². The molecule has 1 aromatic rings. The van der Waals surface area contributed by atoms with Crippen LogP contribution in [-0.4, -0.2) is 28.6 Å². The number of benzene rings is 1. The normalized spacial score (nSPS) is 28.9. The van der Waals surface area contributed by atoms with Crippen molar-refractivity contribution in [1.29, 1.82) is 0 Å². The maximum absolute atomic E-state index is 11.6. The fraction of sp³-hybridized carbons (Fsp3) is 0.611. The molecule has 1 aliphatic heterocycles. The fourth-order valence-electron chi connectivity index (χ4n) is 4.09. The lowest BCUT2D eigenvalue weighted by molar-refractivity contribution is -0.140. The van der Waals surface area contributed by atoms with Crippen molar-refractivity contribution in [2.45, 2.75) is 58.0 Å². The number of carbonyl (C=O) groups is 1. The Morgan fingerprint density at radius 2 is 2.10 bits per heavy atom. The highest BCUT2D eigenvalue weighted by molar-refractivity contribution is 5.77. The zero-order valence-corrected chi connectivity index (χ0v) is 13.0. The number of aliphatic carboxylic acids is 1. The standard InChI is InChI=1S/C18H25NO2/c1-18(2)9-5-7-14(10-18)19-11-13-6-3-4-8-15(13)16(12-19)17(20)21/h3-4,6,8,14,16H,5,7,9-12H2,1-2H3,(H,20,21). The SMILES string of the molecule is CC1(C)CCCC(N2Cc3ccccc3C(C(=O)O)C2)C1. The molecule has 2 aliphatic rings. The molecule has 114 valence electrons. The van der Waals surface area contributed by atoms with Crippen LogP contribution in [-0.2, 0) is 11.3 Å². The van der Waals surface area contributed by atoms with E-state index < -0.39 is 5.97 Å². The van der Waals surface area contributed by atoms with Gasteiger partial charge in [-0.2, -0.15) is 0 Å². The first-order valence-electron chi connectivity index (χ1n) is 8.01. The highest BCUT2D eigenvalue weighted by atomic mass is 16.4. The van der Waals surface area contributed by atoms with Gasteiger partial charge in [-0.3, -0.25) is 9.69 Å². The summed E-state index contributed by atoms with van der Waals surface area (Å²) in [5, 5.41) is 9.58. The van der Waals surface area contributed by atoms with Gasteiger partial charge in [-0.25, -0.2) is 0 Å². The van der Waals surface area contributed by atoms with Gasteiger partial charge in [-0.15, -0.1) is 0 Å². The van der Waals surface area contributed by atoms with Crippen LogP contribution in [0.1, 0.15) is 56.6 Å². The van der Waals surface area contributed by atoms with Gasteiger partial charge in [0.1, 0.15) is 0 Å². The lowest BCUT2D eigenvalue weighted by atomic mass is 9.74. The molecule has 1 heterocycles. The molecule has 1 fully saturated rings. The Balaban J connectivity index is 1.84. The zero-order valence-electron chi connectivity index (χ0n) is 13.0. The molecule has 2 unspecified atom stereocenters. The third-order valence-electron chi connectivity index (χ3n) is 5.21. The summed E-state index contributed by atoms with van der Waals surface area (Å²) in [6.45, 7) is 6.24. The Kier molecular flexibility index (Phi) is 3.78. The quantitative estimate of drug-likeness (QED) is 0.903. The van der Waals surface area contributed by atoms with Crippen LogP contribution in [0, 0.1) is 5.41 Å². The molecule has 0 radical (unpaired) electrons. The van der Waals surface area contributed by atoms with E-state index in [0.717, 1.165) is 12.1 Å². The van der Waals surface area contributed by atoms with E-state index in [2.05, 4.69) is 24.8 Å². The lowest BCUT2D eigenvalue weighted by Crippen LogP contribution is -2.46. The van der Waals surface area contributed by atoms with Crippen molar-refractivity contribution < 1.29 is 9.90 Å². The molecular formula is C18H25NO2. The summed E-state index contributed by atoms with van der Waals surface area (Å²) >= 11 is 0. The highest BCUT2D eigenvalue weighted by Gasteiger charge is 2.37. The number of carboxylic acids is 1. The van der Waals surface area contributed by atoms with Crippen LogP contribution in [0.2, 0.25) is 0 Å². The molecular weight excluding hydrogens is 262 g/mol. The second kappa shape index (κ2) is 5.45. The number of hydrogen-bond donors (Lipinski definition) is 1. The largest absolute Gasteiger partial charge is 0.481 e. The Morgan fingerprint density at radius 3 is 2.81 bits per heavy atom. The second-order valence-corrected chi connectivity index (χ2v) is 7.43. The molecule has 0 bridgehead atoms. The Bertz CT molecular complexity index is 538. The van der Waals surface area contributed by atoms with Gasteiger partial charge >= 0.3 is 5.97 Å². The number of carboxylic acid groups (broad SMARTS) is 1. The molecule has 0 saturated heterocycles. The van der Waals surface area contributed by atoms with E-state index in [4.69, 9.17) is 0 Å². The van der Waals surface area contributed by atoms with Crippen molar-refractivity contribution in [3.8, 4) is 0 Å². The Labute approximate surface area is 127 Å². The molecule has 1 N–H and O–H groups in total. The minimum Gasteiger partial charge on any atom is -0.481 e. The first-order chi connectivity index (χ1) is 9.96. The highest BCUT2D eigenvalue weighted by Crippen LogP contribution is 2.40. The first kappa shape index (κ1) is 14.6. The molecule has 0 spiro atoms. The molecule has 0 aromatic heterocycles. The van der Waals surface area contributed by atoms with Crippen LogP contribution in [0.5, 0.6) is 0 Å². The predicted octanol–water partition coefficient (Wildman–Crippen LogP) is 3.64. The number of hydrogen-bond acceptors (Lipinski definition) is 2. The maximum atomic E-state index is 11.6. The smallest absolute Gasteiger partial charge is 0.312 e. The third-order valence-corrected chi connectivity index (χ3v) is 5.21. The van der Waals surface area contributed by atoms with Gasteiger partial charge < -0.3 is 5.11 Å². The summed E-state index contributed by atoms with van der Waals surface area (Å²) in [7, 11) is 0. The van der Waals surface area contributed by atoms with Crippen molar-refractivity contribution in [2.75, 3.05) is 6.54 Å². The molecule has 1 aromatic carbocycles. The number of nitrogens with zero attached hydrogens (tertiary/aromatic N) is 1. The summed E-state index contributed by atoms with van der Waals surface area (Å²) < 4.78 is 0. The van der Waals surface area contributed by atoms with Crippen molar-refractivity contribution >= 4 is 5.97 Å². The molecule has 1 aliphatic carbocycles. The third kappa shape index (κ3) is 2.98. The van der Waals surface area contributed by atoms with E-state index >= 15 is 0 Å². The monoisotopic (exact) mass is 287 g/mol. The summed E-state index contributed by atoms with van der Waals surface area (Å²) in [6, 6.07) is 8.57. The molecule has 1 saturated carbocycles. The molecule has 3 rings (SSSR count). The van der Waals surface area contributed by atoms with Crippen molar-refractivity contribution in [3.05, 3.63) is 35.4 Å². The van der Waals surface area contributed by atoms with E-state index in [1.54, 1.807) is 0 Å². The average molecular weight is 287 g/mol. The van der Waals surface area contributed by atoms with Crippen LogP contribution >= 0.6 is 0 Å². The van der Waals surface area contributed by atoms with E-state index in [0.29, 0.717) is 18.0 Å². The minimum atomic E-state index is -0.692. The van der Waals surface area contributed by atoms with Crippen molar-refractivity contribution in [2.24, 2.45) is 5.41 Å². The molecule has 2 atom stereocenters. The van der Waals surface area contributed by atoms with Crippen LogP contribution < -0.4 is 0 Å². The predicted molar refractivity (Wildman–Crippen MR) is 83.3 cm³/mol. The zero-order chi connectivity index (χ0) is 15.0. The molecule has 3 nitrogen and oxygen atoms in total. The van der Waals surface area contributed by atoms with Gasteiger partial charge in [0.25, 0.3) is 0 Å². The van der Waals surface area contributed by atoms with Crippen molar-refractivity contribution in [1.82, 2.24) is 4.90 Å². The maximum Gasteiger partial charge on any atom is 0.312 e. The van der Waals surface area contributed by atoms with Gasteiger partial charge in [0.05, 0.1) is 5.92 Å². The van der Waals surface area contributed by atoms with Crippen LogP contribution in [0.3, 0.4) is 0 Å². The summed E-state index contributed by atoms with van der Waals surface area (Å²) in [6.07, 6.45) is 4.93.